The maximum atomic E-state index is 14.6. The van der Waals surface area contributed by atoms with Crippen molar-refractivity contribution in [3.05, 3.63) is 162 Å². The highest BCUT2D eigenvalue weighted by atomic mass is 16.7. The number of ether oxygens (including phenoxy) is 4. The van der Waals surface area contributed by atoms with Crippen molar-refractivity contribution in [3.8, 4) is 11.5 Å². The maximum Gasteiger partial charge on any atom is 0.410 e. The van der Waals surface area contributed by atoms with Crippen LogP contribution in [0.4, 0.5) is 4.79 Å². The average Bonchev–Trinajstić information content (AvgIpc) is 3.33. The number of nitrogens with zero attached hydrogens (tertiary/aromatic N) is 3. The fourth-order valence-electron chi connectivity index (χ4n) is 10.4. The molecule has 0 radical (unpaired) electrons. The van der Waals surface area contributed by atoms with Gasteiger partial charge in [0.05, 0.1) is 37.6 Å². The number of amides is 1. The van der Waals surface area contributed by atoms with Crippen LogP contribution in [0, 0.1) is 24.7 Å². The van der Waals surface area contributed by atoms with Crippen LogP contribution in [0.25, 0.3) is 10.8 Å². The average molecular weight is 880 g/mol. The Morgan fingerprint density at radius 3 is 2.48 bits per heavy atom. The van der Waals surface area contributed by atoms with Gasteiger partial charge in [-0.25, -0.2) is 4.79 Å². The molecule has 6 atom stereocenters. The third-order valence-electron chi connectivity index (χ3n) is 13.2. The van der Waals surface area contributed by atoms with E-state index in [4.69, 9.17) is 28.9 Å². The van der Waals surface area contributed by atoms with E-state index in [0.29, 0.717) is 30.1 Å². The molecule has 0 unspecified atom stereocenters. The Labute approximate surface area is 382 Å². The minimum Gasteiger partial charge on any atom is -0.487 e. The minimum atomic E-state index is -1.45. The van der Waals surface area contributed by atoms with Crippen molar-refractivity contribution < 1.29 is 38.8 Å². The van der Waals surface area contributed by atoms with E-state index in [2.05, 4.69) is 41.9 Å². The number of allylic oxidation sites excluding steroid dienone is 1. The second-order valence-electron chi connectivity index (χ2n) is 17.3. The van der Waals surface area contributed by atoms with Crippen molar-refractivity contribution in [3.63, 3.8) is 0 Å². The van der Waals surface area contributed by atoms with Gasteiger partial charge in [-0.3, -0.25) is 9.88 Å². The minimum absolute atomic E-state index is 0.0481. The van der Waals surface area contributed by atoms with E-state index in [1.807, 2.05) is 91.9 Å². The van der Waals surface area contributed by atoms with E-state index >= 15 is 0 Å². The Bertz CT molecular complexity index is 2470. The number of aliphatic hydroxyl groups is 2. The number of fused-ring (bicyclic) bond motifs is 3. The van der Waals surface area contributed by atoms with Gasteiger partial charge >= 0.3 is 6.09 Å². The highest BCUT2D eigenvalue weighted by Crippen LogP contribution is 2.62. The summed E-state index contributed by atoms with van der Waals surface area (Å²) in [6, 6.07) is 35.3. The van der Waals surface area contributed by atoms with Crippen molar-refractivity contribution in [2.75, 3.05) is 26.9 Å². The number of oxime groups is 1. The first-order valence-electron chi connectivity index (χ1n) is 23.0. The van der Waals surface area contributed by atoms with Gasteiger partial charge in [-0.15, -0.1) is 6.58 Å². The molecule has 0 saturated heterocycles. The fraction of sp³-hybridized carbons (Fsp3) is 0.389. The Morgan fingerprint density at radius 1 is 0.923 bits per heavy atom. The molecule has 5 aromatic rings. The summed E-state index contributed by atoms with van der Waals surface area (Å²) in [6.45, 7) is 7.13. The second kappa shape index (κ2) is 21.3. The third-order valence-corrected chi connectivity index (χ3v) is 13.2. The van der Waals surface area contributed by atoms with Gasteiger partial charge in [0, 0.05) is 36.8 Å². The van der Waals surface area contributed by atoms with Crippen molar-refractivity contribution in [1.29, 1.82) is 0 Å². The monoisotopic (exact) mass is 879 g/mol. The summed E-state index contributed by atoms with van der Waals surface area (Å²) < 4.78 is 26.8. The van der Waals surface area contributed by atoms with Crippen LogP contribution in [0.3, 0.4) is 0 Å². The summed E-state index contributed by atoms with van der Waals surface area (Å²) in [6.07, 6.45) is 8.38. The second-order valence-corrected chi connectivity index (χ2v) is 17.3. The molecule has 1 saturated carbocycles. The van der Waals surface area contributed by atoms with Gasteiger partial charge in [-0.05, 0) is 102 Å². The van der Waals surface area contributed by atoms with Crippen molar-refractivity contribution in [1.82, 2.24) is 9.88 Å². The molecule has 1 amide bonds. The molecule has 8 rings (SSSR count). The molecular weight excluding hydrogens is 819 g/mol. The predicted octanol–water partition coefficient (Wildman–Crippen LogP) is 10.2. The molecule has 4 aromatic carbocycles. The van der Waals surface area contributed by atoms with E-state index in [9.17, 15) is 15.0 Å². The van der Waals surface area contributed by atoms with Crippen LogP contribution >= 0.6 is 0 Å². The standard InChI is InChI=1S/C54H61N3O8/c1-4-30-63-54-50(57(53(60)61-3)34-41-22-15-21-39-19-8-9-24-44(39)41)33-48(56-64-35-38-17-6-5-7-18-38)46-31-40(20-10-12-28-58)45(25-11-13-29-59)51(52(46)54)47-32-43(26-27-49(47)65-54)62-36-42-23-14-16-37(2)55-42/h4-9,14-19,21-24,26-27,31-32,40,45,50-52,58-59H,1,10-13,20,25,28-30,33-36H2,2-3H3/t40-,45+,50-,51+,52+,54+/m0/s1. The Morgan fingerprint density at radius 2 is 1.69 bits per heavy atom. The number of hydrogen-bond acceptors (Lipinski definition) is 10. The number of benzene rings is 4. The van der Waals surface area contributed by atoms with Gasteiger partial charge in [0.15, 0.2) is 0 Å². The van der Waals surface area contributed by atoms with Crippen LogP contribution in [-0.4, -0.2) is 70.7 Å². The Kier molecular flexibility index (Phi) is 14.9. The third kappa shape index (κ3) is 9.98. The van der Waals surface area contributed by atoms with Crippen LogP contribution in [0.1, 0.15) is 78.9 Å². The molecule has 2 heterocycles. The highest BCUT2D eigenvalue weighted by molar-refractivity contribution is 6.03. The molecule has 65 heavy (non-hydrogen) atoms. The van der Waals surface area contributed by atoms with Crippen LogP contribution in [-0.2, 0) is 34.1 Å². The molecule has 2 N–H and O–H groups in total. The number of pyridine rings is 1. The first-order valence-corrected chi connectivity index (χ1v) is 23.0. The molecule has 1 aliphatic heterocycles. The van der Waals surface area contributed by atoms with Gasteiger partial charge in [-0.1, -0.05) is 109 Å². The van der Waals surface area contributed by atoms with Crippen molar-refractivity contribution in [2.24, 2.45) is 22.9 Å². The number of hydrogen-bond donors (Lipinski definition) is 2. The Hall–Kier alpha value is -6.01. The highest BCUT2D eigenvalue weighted by Gasteiger charge is 2.65. The molecule has 2 aliphatic carbocycles. The van der Waals surface area contributed by atoms with Crippen molar-refractivity contribution >= 4 is 22.6 Å². The lowest BCUT2D eigenvalue weighted by atomic mass is 9.55. The van der Waals surface area contributed by atoms with Gasteiger partial charge in [0.2, 0.25) is 5.79 Å². The normalized spacial score (nSPS) is 22.6. The SMILES string of the molecule is C=CCO[C@@]12Oc3ccc(OCc4cccc(C)n4)cc3[C@H]3[C@H](CCCCO)[C@@H](CCCCO)C=C(C(=NOCc4ccccc4)C[C@@H]1N(Cc1cccc4ccccc14)C(=O)OC)[C@H]32. The molecule has 1 fully saturated rings. The van der Waals surface area contributed by atoms with E-state index in [1.54, 1.807) is 11.0 Å². The lowest BCUT2D eigenvalue weighted by Gasteiger charge is -2.59. The number of unbranched alkanes of at least 4 members (excludes halogenated alkanes) is 2. The van der Waals surface area contributed by atoms with E-state index in [0.717, 1.165) is 70.1 Å². The van der Waals surface area contributed by atoms with E-state index < -0.39 is 23.8 Å². The molecule has 1 aromatic heterocycles. The number of aliphatic hydroxyl groups excluding tert-OH is 2. The smallest absolute Gasteiger partial charge is 0.410 e. The predicted molar refractivity (Wildman–Crippen MR) is 251 cm³/mol. The molecule has 340 valence electrons. The van der Waals surface area contributed by atoms with Crippen molar-refractivity contribution in [2.45, 2.75) is 89.4 Å². The number of aromatic nitrogens is 1. The van der Waals surface area contributed by atoms with E-state index in [1.165, 1.54) is 7.11 Å². The number of rotatable bonds is 20. The van der Waals surface area contributed by atoms with Crippen LogP contribution in [0.5, 0.6) is 11.5 Å². The lowest BCUT2D eigenvalue weighted by Crippen LogP contribution is -2.70. The zero-order chi connectivity index (χ0) is 45.2. The topological polar surface area (TPSA) is 132 Å². The van der Waals surface area contributed by atoms with Crippen LogP contribution in [0.2, 0.25) is 0 Å². The van der Waals surface area contributed by atoms with Gasteiger partial charge in [-0.2, -0.15) is 0 Å². The molecule has 0 bridgehead atoms. The van der Waals surface area contributed by atoms with Gasteiger partial charge in [0.1, 0.15) is 30.8 Å². The summed E-state index contributed by atoms with van der Waals surface area (Å²) in [4.78, 5) is 27.2. The molecule has 3 aliphatic rings. The Balaban J connectivity index is 1.33. The summed E-state index contributed by atoms with van der Waals surface area (Å²) >= 11 is 0. The number of aryl methyl sites for hydroxylation is 1. The van der Waals surface area contributed by atoms with E-state index in [-0.39, 0.29) is 63.8 Å². The lowest BCUT2D eigenvalue weighted by molar-refractivity contribution is -0.256. The zero-order valence-corrected chi connectivity index (χ0v) is 37.5. The van der Waals surface area contributed by atoms with Crippen LogP contribution < -0.4 is 9.47 Å². The maximum absolute atomic E-state index is 14.6. The summed E-state index contributed by atoms with van der Waals surface area (Å²) in [5, 5.41) is 27.1. The fourth-order valence-corrected chi connectivity index (χ4v) is 10.4. The largest absolute Gasteiger partial charge is 0.487 e. The molecule has 11 heteroatoms. The zero-order valence-electron chi connectivity index (χ0n) is 37.5. The molecular formula is C54H61N3O8. The number of carbonyl (C=O) groups excluding carboxylic acids is 1. The molecule has 0 spiro atoms. The first kappa shape index (κ1) is 45.6. The quantitative estimate of drug-likeness (QED) is 0.0445. The first-order chi connectivity index (χ1) is 31.9. The summed E-state index contributed by atoms with van der Waals surface area (Å²) in [5.41, 5.74) is 6.29. The molecule has 11 nitrogen and oxygen atoms in total. The van der Waals surface area contributed by atoms with Gasteiger partial charge in [0.25, 0.3) is 0 Å². The summed E-state index contributed by atoms with van der Waals surface area (Å²) in [5.74, 6) is -0.726. The summed E-state index contributed by atoms with van der Waals surface area (Å²) in [7, 11) is 1.41. The van der Waals surface area contributed by atoms with Crippen LogP contribution in [0.15, 0.2) is 139 Å². The number of carbonyl (C=O) groups is 1. The van der Waals surface area contributed by atoms with Gasteiger partial charge < -0.3 is 34.0 Å². The number of methoxy groups -OCH3 is 1.